The molecule has 1 aromatic rings. The van der Waals surface area contributed by atoms with E-state index in [1.54, 1.807) is 17.9 Å². The van der Waals surface area contributed by atoms with E-state index in [1.807, 2.05) is 0 Å². The average Bonchev–Trinajstić information content (AvgIpc) is 2.39. The van der Waals surface area contributed by atoms with Crippen molar-refractivity contribution >= 4 is 31.9 Å². The molecule has 1 aliphatic heterocycles. The standard InChI is InChI=1S/C13H18BrN3O3S/c1-8-11(5-9(14)6-12(8)21(16,19)20)13(18)17-4-2-3-10(15)7-17/h5-6,10H,2-4,7,15H2,1H3,(H2,16,19,20)/t10-/m0/s1. The molecule has 0 aliphatic carbocycles. The van der Waals surface area contributed by atoms with Crippen molar-refractivity contribution in [3.05, 3.63) is 27.7 Å². The number of likely N-dealkylation sites (tertiary alicyclic amines) is 1. The van der Waals surface area contributed by atoms with Crippen LogP contribution in [0.5, 0.6) is 0 Å². The molecule has 0 unspecified atom stereocenters. The van der Waals surface area contributed by atoms with E-state index < -0.39 is 10.0 Å². The molecule has 1 heterocycles. The molecule has 4 N–H and O–H groups in total. The summed E-state index contributed by atoms with van der Waals surface area (Å²) in [6.45, 7) is 2.70. The summed E-state index contributed by atoms with van der Waals surface area (Å²) in [5.74, 6) is -0.214. The van der Waals surface area contributed by atoms with Crippen LogP contribution in [0.25, 0.3) is 0 Å². The number of nitrogens with two attached hydrogens (primary N) is 2. The Hall–Kier alpha value is -0.960. The molecule has 21 heavy (non-hydrogen) atoms. The maximum absolute atomic E-state index is 12.6. The Morgan fingerprint density at radius 2 is 2.10 bits per heavy atom. The summed E-state index contributed by atoms with van der Waals surface area (Å²) in [6, 6.07) is 2.99. The molecular weight excluding hydrogens is 358 g/mol. The summed E-state index contributed by atoms with van der Waals surface area (Å²) in [7, 11) is -3.88. The molecule has 0 saturated carbocycles. The number of carbonyl (C=O) groups is 1. The second kappa shape index (κ2) is 6.04. The van der Waals surface area contributed by atoms with E-state index in [9.17, 15) is 13.2 Å². The Morgan fingerprint density at radius 1 is 1.43 bits per heavy atom. The fraction of sp³-hybridized carbons (Fsp3) is 0.462. The quantitative estimate of drug-likeness (QED) is 0.802. The molecule has 1 amide bonds. The van der Waals surface area contributed by atoms with Crippen LogP contribution in [-0.4, -0.2) is 38.4 Å². The van der Waals surface area contributed by atoms with E-state index in [2.05, 4.69) is 15.9 Å². The van der Waals surface area contributed by atoms with Crippen LogP contribution in [0, 0.1) is 6.92 Å². The van der Waals surface area contributed by atoms with E-state index in [1.165, 1.54) is 6.07 Å². The van der Waals surface area contributed by atoms with E-state index in [4.69, 9.17) is 10.9 Å². The SMILES string of the molecule is Cc1c(C(=O)N2CCC[C@H](N)C2)cc(Br)cc1S(N)(=O)=O. The van der Waals surface area contributed by atoms with Gasteiger partial charge in [-0.3, -0.25) is 4.79 Å². The van der Waals surface area contributed by atoms with Crippen LogP contribution in [0.3, 0.4) is 0 Å². The summed E-state index contributed by atoms with van der Waals surface area (Å²) in [6.07, 6.45) is 1.74. The highest BCUT2D eigenvalue weighted by Gasteiger charge is 2.26. The van der Waals surface area contributed by atoms with Crippen molar-refractivity contribution in [1.82, 2.24) is 4.90 Å². The molecule has 1 saturated heterocycles. The lowest BCUT2D eigenvalue weighted by atomic mass is 10.0. The van der Waals surface area contributed by atoms with Gasteiger partial charge in [-0.05, 0) is 37.5 Å². The number of sulfonamides is 1. The Kier molecular flexibility index (Phi) is 4.72. The Labute approximate surface area is 132 Å². The fourth-order valence-corrected chi connectivity index (χ4v) is 3.97. The number of benzene rings is 1. The smallest absolute Gasteiger partial charge is 0.254 e. The van der Waals surface area contributed by atoms with Gasteiger partial charge in [-0.15, -0.1) is 0 Å². The third-order valence-corrected chi connectivity index (χ3v) is 5.10. The van der Waals surface area contributed by atoms with Crippen molar-refractivity contribution in [2.45, 2.75) is 30.7 Å². The lowest BCUT2D eigenvalue weighted by molar-refractivity contribution is 0.0707. The highest BCUT2D eigenvalue weighted by molar-refractivity contribution is 9.10. The zero-order valence-electron chi connectivity index (χ0n) is 11.7. The third-order valence-electron chi connectivity index (χ3n) is 3.61. The first-order chi connectivity index (χ1) is 9.70. The molecule has 1 fully saturated rings. The summed E-state index contributed by atoms with van der Waals surface area (Å²) < 4.78 is 23.7. The first-order valence-corrected chi connectivity index (χ1v) is 8.92. The number of nitrogens with zero attached hydrogens (tertiary/aromatic N) is 1. The average molecular weight is 376 g/mol. The Morgan fingerprint density at radius 3 is 2.67 bits per heavy atom. The van der Waals surface area contributed by atoms with E-state index in [-0.39, 0.29) is 16.8 Å². The number of halogens is 1. The van der Waals surface area contributed by atoms with Gasteiger partial charge in [0.05, 0.1) is 4.90 Å². The molecule has 1 aromatic carbocycles. The van der Waals surface area contributed by atoms with Crippen molar-refractivity contribution in [2.24, 2.45) is 10.9 Å². The number of rotatable bonds is 2. The number of carbonyl (C=O) groups excluding carboxylic acids is 1. The lowest BCUT2D eigenvalue weighted by Gasteiger charge is -2.31. The van der Waals surface area contributed by atoms with Gasteiger partial charge in [-0.2, -0.15) is 0 Å². The minimum absolute atomic E-state index is 0.0344. The van der Waals surface area contributed by atoms with E-state index in [0.717, 1.165) is 12.8 Å². The van der Waals surface area contributed by atoms with Gasteiger partial charge in [0.2, 0.25) is 10.0 Å². The minimum atomic E-state index is -3.88. The van der Waals surface area contributed by atoms with Gasteiger partial charge in [0, 0.05) is 29.2 Å². The van der Waals surface area contributed by atoms with Gasteiger partial charge < -0.3 is 10.6 Å². The number of hydrogen-bond acceptors (Lipinski definition) is 4. The molecule has 0 radical (unpaired) electrons. The molecule has 0 spiro atoms. The summed E-state index contributed by atoms with van der Waals surface area (Å²) in [5, 5.41) is 5.20. The number of amides is 1. The third kappa shape index (κ3) is 3.63. The van der Waals surface area contributed by atoms with Gasteiger partial charge in [0.1, 0.15) is 0 Å². The van der Waals surface area contributed by atoms with Crippen LogP contribution in [0.4, 0.5) is 0 Å². The minimum Gasteiger partial charge on any atom is -0.337 e. The van der Waals surface area contributed by atoms with Gasteiger partial charge in [-0.25, -0.2) is 13.6 Å². The maximum atomic E-state index is 12.6. The van der Waals surface area contributed by atoms with Crippen LogP contribution in [0.15, 0.2) is 21.5 Å². The van der Waals surface area contributed by atoms with Gasteiger partial charge in [0.15, 0.2) is 0 Å². The topological polar surface area (TPSA) is 106 Å². The van der Waals surface area contributed by atoms with Crippen LogP contribution >= 0.6 is 15.9 Å². The zero-order valence-corrected chi connectivity index (χ0v) is 14.1. The van der Waals surface area contributed by atoms with Crippen LogP contribution in [-0.2, 0) is 10.0 Å². The number of primary sulfonamides is 1. The first kappa shape index (κ1) is 16.4. The molecule has 116 valence electrons. The summed E-state index contributed by atoms with van der Waals surface area (Å²) >= 11 is 3.23. The molecular formula is C13H18BrN3O3S. The van der Waals surface area contributed by atoms with E-state index >= 15 is 0 Å². The largest absolute Gasteiger partial charge is 0.337 e. The number of piperidine rings is 1. The van der Waals surface area contributed by atoms with Crippen LogP contribution < -0.4 is 10.9 Å². The predicted octanol–water partition coefficient (Wildman–Crippen LogP) is 0.968. The Bertz CT molecular complexity index is 675. The van der Waals surface area contributed by atoms with Crippen molar-refractivity contribution in [3.63, 3.8) is 0 Å². The fourth-order valence-electron chi connectivity index (χ4n) is 2.54. The molecule has 2 rings (SSSR count). The zero-order chi connectivity index (χ0) is 15.8. The number of hydrogen-bond donors (Lipinski definition) is 2. The molecule has 0 bridgehead atoms. The molecule has 8 heteroatoms. The highest BCUT2D eigenvalue weighted by atomic mass is 79.9. The Balaban J connectivity index is 2.44. The van der Waals surface area contributed by atoms with Crippen molar-refractivity contribution in [1.29, 1.82) is 0 Å². The van der Waals surface area contributed by atoms with Crippen molar-refractivity contribution < 1.29 is 13.2 Å². The lowest BCUT2D eigenvalue weighted by Crippen LogP contribution is -2.46. The second-order valence-electron chi connectivity index (χ2n) is 5.27. The van der Waals surface area contributed by atoms with Gasteiger partial charge >= 0.3 is 0 Å². The molecule has 6 nitrogen and oxygen atoms in total. The van der Waals surface area contributed by atoms with Crippen LogP contribution in [0.1, 0.15) is 28.8 Å². The summed E-state index contributed by atoms with van der Waals surface area (Å²) in [4.78, 5) is 14.2. The van der Waals surface area contributed by atoms with E-state index in [0.29, 0.717) is 28.7 Å². The monoisotopic (exact) mass is 375 g/mol. The van der Waals surface area contributed by atoms with Gasteiger partial charge in [0.25, 0.3) is 5.91 Å². The first-order valence-electron chi connectivity index (χ1n) is 6.58. The predicted molar refractivity (Wildman–Crippen MR) is 83.4 cm³/mol. The molecule has 1 atom stereocenters. The summed E-state index contributed by atoms with van der Waals surface area (Å²) in [5.41, 5.74) is 6.59. The van der Waals surface area contributed by atoms with Crippen molar-refractivity contribution in [3.8, 4) is 0 Å². The second-order valence-corrected chi connectivity index (χ2v) is 7.72. The van der Waals surface area contributed by atoms with Gasteiger partial charge in [-0.1, -0.05) is 15.9 Å². The molecule has 0 aromatic heterocycles. The van der Waals surface area contributed by atoms with Crippen molar-refractivity contribution in [2.75, 3.05) is 13.1 Å². The normalized spacial score (nSPS) is 19.6. The maximum Gasteiger partial charge on any atom is 0.254 e. The van der Waals surface area contributed by atoms with Crippen LogP contribution in [0.2, 0.25) is 0 Å². The molecule has 1 aliphatic rings. The highest BCUT2D eigenvalue weighted by Crippen LogP contribution is 2.25.